The molecule has 1 saturated heterocycles. The van der Waals surface area contributed by atoms with Crippen LogP contribution < -0.4 is 0 Å². The van der Waals surface area contributed by atoms with Crippen molar-refractivity contribution in [2.24, 2.45) is 0 Å². The minimum atomic E-state index is -0.706. The Morgan fingerprint density at radius 3 is 2.38 bits per heavy atom. The highest BCUT2D eigenvalue weighted by atomic mass is 16.4. The molecule has 1 heterocycles. The highest BCUT2D eigenvalue weighted by molar-refractivity contribution is 5.67. The SMILES string of the molecule is CC1CN(C(C)(C)C)C(CC(=O)O)CN1C. The van der Waals surface area contributed by atoms with E-state index in [1.54, 1.807) is 0 Å². The van der Waals surface area contributed by atoms with Crippen molar-refractivity contribution >= 4 is 5.97 Å². The van der Waals surface area contributed by atoms with Crippen LogP contribution >= 0.6 is 0 Å². The van der Waals surface area contributed by atoms with E-state index in [-0.39, 0.29) is 18.0 Å². The van der Waals surface area contributed by atoms with Crippen molar-refractivity contribution in [2.75, 3.05) is 20.1 Å². The van der Waals surface area contributed by atoms with E-state index in [1.807, 2.05) is 0 Å². The molecule has 4 nitrogen and oxygen atoms in total. The first kappa shape index (κ1) is 13.5. The third-order valence-corrected chi connectivity index (χ3v) is 3.42. The summed E-state index contributed by atoms with van der Waals surface area (Å²) in [7, 11) is 2.07. The van der Waals surface area contributed by atoms with Crippen LogP contribution in [0.5, 0.6) is 0 Å². The summed E-state index contributed by atoms with van der Waals surface area (Å²) in [5.74, 6) is -0.706. The second-order valence-corrected chi connectivity index (χ2v) is 5.86. The van der Waals surface area contributed by atoms with E-state index in [1.165, 1.54) is 0 Å². The van der Waals surface area contributed by atoms with Crippen molar-refractivity contribution in [1.82, 2.24) is 9.80 Å². The molecule has 1 fully saturated rings. The number of hydrogen-bond acceptors (Lipinski definition) is 3. The van der Waals surface area contributed by atoms with Gasteiger partial charge in [0.1, 0.15) is 0 Å². The Balaban J connectivity index is 2.79. The molecule has 0 aromatic rings. The lowest BCUT2D eigenvalue weighted by molar-refractivity contribution is -0.140. The predicted molar refractivity (Wildman–Crippen MR) is 64.6 cm³/mol. The standard InChI is InChI=1S/C12H24N2O2/c1-9-7-14(12(2,3)4)10(6-11(15)16)8-13(9)5/h9-10H,6-8H2,1-5H3,(H,15,16). The summed E-state index contributed by atoms with van der Waals surface area (Å²) < 4.78 is 0. The van der Waals surface area contributed by atoms with E-state index in [2.05, 4.69) is 44.5 Å². The largest absolute Gasteiger partial charge is 0.481 e. The average molecular weight is 228 g/mol. The lowest BCUT2D eigenvalue weighted by Gasteiger charge is -2.49. The quantitative estimate of drug-likeness (QED) is 0.773. The number of rotatable bonds is 2. The van der Waals surface area contributed by atoms with E-state index in [9.17, 15) is 4.79 Å². The minimum absolute atomic E-state index is 0.0373. The predicted octanol–water partition coefficient (Wildman–Crippen LogP) is 1.26. The summed E-state index contributed by atoms with van der Waals surface area (Å²) in [4.78, 5) is 15.5. The van der Waals surface area contributed by atoms with Crippen molar-refractivity contribution in [1.29, 1.82) is 0 Å². The fourth-order valence-corrected chi connectivity index (χ4v) is 2.38. The van der Waals surface area contributed by atoms with Gasteiger partial charge in [0.25, 0.3) is 0 Å². The van der Waals surface area contributed by atoms with Crippen LogP contribution in [0.4, 0.5) is 0 Å². The zero-order valence-corrected chi connectivity index (χ0v) is 11.0. The van der Waals surface area contributed by atoms with Crippen molar-refractivity contribution in [3.63, 3.8) is 0 Å². The Bertz CT molecular complexity index is 260. The van der Waals surface area contributed by atoms with Gasteiger partial charge in [-0.15, -0.1) is 0 Å². The molecule has 2 unspecified atom stereocenters. The van der Waals surface area contributed by atoms with E-state index in [4.69, 9.17) is 5.11 Å². The number of carboxylic acid groups (broad SMARTS) is 1. The summed E-state index contributed by atoms with van der Waals surface area (Å²) in [6.07, 6.45) is 0.230. The van der Waals surface area contributed by atoms with Gasteiger partial charge in [0.05, 0.1) is 6.42 Å². The van der Waals surface area contributed by atoms with E-state index >= 15 is 0 Å². The molecular formula is C12H24N2O2. The zero-order chi connectivity index (χ0) is 12.5. The average Bonchev–Trinajstić information content (AvgIpc) is 2.08. The maximum atomic E-state index is 10.9. The zero-order valence-electron chi connectivity index (χ0n) is 11.0. The molecular weight excluding hydrogens is 204 g/mol. The molecule has 0 aromatic heterocycles. The van der Waals surface area contributed by atoms with Crippen LogP contribution in [0.25, 0.3) is 0 Å². The number of likely N-dealkylation sites (N-methyl/N-ethyl adjacent to an activating group) is 1. The lowest BCUT2D eigenvalue weighted by atomic mass is 9.96. The van der Waals surface area contributed by atoms with Crippen LogP contribution in [0.15, 0.2) is 0 Å². The van der Waals surface area contributed by atoms with Gasteiger partial charge in [-0.1, -0.05) is 0 Å². The minimum Gasteiger partial charge on any atom is -0.481 e. The molecule has 0 spiro atoms. The van der Waals surface area contributed by atoms with Crippen molar-refractivity contribution in [2.45, 2.75) is 51.7 Å². The van der Waals surface area contributed by atoms with E-state index in [0.29, 0.717) is 6.04 Å². The smallest absolute Gasteiger partial charge is 0.304 e. The molecule has 0 aliphatic carbocycles. The fourth-order valence-electron chi connectivity index (χ4n) is 2.38. The summed E-state index contributed by atoms with van der Waals surface area (Å²) in [6.45, 7) is 10.4. The van der Waals surface area contributed by atoms with Crippen molar-refractivity contribution < 1.29 is 9.90 Å². The summed E-state index contributed by atoms with van der Waals surface area (Å²) in [5.41, 5.74) is 0.0373. The number of piperazine rings is 1. The Kier molecular flexibility index (Phi) is 3.97. The maximum Gasteiger partial charge on any atom is 0.304 e. The molecule has 2 atom stereocenters. The van der Waals surface area contributed by atoms with Crippen molar-refractivity contribution in [3.05, 3.63) is 0 Å². The van der Waals surface area contributed by atoms with Gasteiger partial charge >= 0.3 is 5.97 Å². The highest BCUT2D eigenvalue weighted by Gasteiger charge is 2.36. The Morgan fingerprint density at radius 2 is 1.94 bits per heavy atom. The van der Waals surface area contributed by atoms with Gasteiger partial charge in [0.15, 0.2) is 0 Å². The van der Waals surface area contributed by atoms with Gasteiger partial charge in [0, 0.05) is 30.7 Å². The molecule has 4 heteroatoms. The first-order valence-corrected chi connectivity index (χ1v) is 5.90. The van der Waals surface area contributed by atoms with Gasteiger partial charge < -0.3 is 10.0 Å². The number of nitrogens with zero attached hydrogens (tertiary/aromatic N) is 2. The van der Waals surface area contributed by atoms with Gasteiger partial charge in [-0.25, -0.2) is 0 Å². The second-order valence-electron chi connectivity index (χ2n) is 5.86. The Labute approximate surface area is 98.2 Å². The lowest BCUT2D eigenvalue weighted by Crippen LogP contribution is -2.61. The number of carbonyl (C=O) groups is 1. The van der Waals surface area contributed by atoms with Gasteiger partial charge in [0.2, 0.25) is 0 Å². The molecule has 0 amide bonds. The summed E-state index contributed by atoms with van der Waals surface area (Å²) >= 11 is 0. The van der Waals surface area contributed by atoms with E-state index < -0.39 is 5.97 Å². The molecule has 0 aromatic carbocycles. The van der Waals surface area contributed by atoms with Gasteiger partial charge in [-0.05, 0) is 34.7 Å². The third kappa shape index (κ3) is 3.19. The number of hydrogen-bond donors (Lipinski definition) is 1. The molecule has 1 N–H and O–H groups in total. The van der Waals surface area contributed by atoms with Crippen LogP contribution in [0.2, 0.25) is 0 Å². The first-order valence-electron chi connectivity index (χ1n) is 5.90. The van der Waals surface area contributed by atoms with Crippen LogP contribution in [-0.2, 0) is 4.79 Å². The van der Waals surface area contributed by atoms with Crippen LogP contribution in [-0.4, -0.2) is 58.6 Å². The highest BCUT2D eigenvalue weighted by Crippen LogP contribution is 2.24. The van der Waals surface area contributed by atoms with E-state index in [0.717, 1.165) is 13.1 Å². The molecule has 94 valence electrons. The fraction of sp³-hybridized carbons (Fsp3) is 0.917. The Morgan fingerprint density at radius 1 is 1.38 bits per heavy atom. The summed E-state index contributed by atoms with van der Waals surface area (Å²) in [5, 5.41) is 8.96. The second kappa shape index (κ2) is 4.72. The van der Waals surface area contributed by atoms with Crippen LogP contribution in [0.1, 0.15) is 34.1 Å². The molecule has 0 radical (unpaired) electrons. The molecule has 16 heavy (non-hydrogen) atoms. The third-order valence-electron chi connectivity index (χ3n) is 3.42. The van der Waals surface area contributed by atoms with Crippen LogP contribution in [0.3, 0.4) is 0 Å². The summed E-state index contributed by atoms with van der Waals surface area (Å²) in [6, 6.07) is 0.614. The number of carboxylic acids is 1. The number of aliphatic carboxylic acids is 1. The van der Waals surface area contributed by atoms with Gasteiger partial charge in [-0.2, -0.15) is 0 Å². The molecule has 0 saturated carbocycles. The molecule has 1 aliphatic rings. The topological polar surface area (TPSA) is 43.8 Å². The monoisotopic (exact) mass is 228 g/mol. The van der Waals surface area contributed by atoms with Crippen molar-refractivity contribution in [3.8, 4) is 0 Å². The molecule has 1 rings (SSSR count). The molecule has 1 aliphatic heterocycles. The Hall–Kier alpha value is -0.610. The first-order chi connectivity index (χ1) is 7.21. The molecule has 0 bridgehead atoms. The van der Waals surface area contributed by atoms with Gasteiger partial charge in [-0.3, -0.25) is 9.69 Å². The van der Waals surface area contributed by atoms with Crippen LogP contribution in [0, 0.1) is 0 Å². The maximum absolute atomic E-state index is 10.9. The normalized spacial score (nSPS) is 29.3.